The zero-order valence-corrected chi connectivity index (χ0v) is 11.1. The Bertz CT molecular complexity index is 862. The lowest BCUT2D eigenvalue weighted by Gasteiger charge is -2.09. The fraction of sp³-hybridized carbons (Fsp3) is 0.0625. The van der Waals surface area contributed by atoms with Crippen molar-refractivity contribution in [2.45, 2.75) is 6.92 Å². The molecule has 5 heteroatoms. The fourth-order valence-corrected chi connectivity index (χ4v) is 2.19. The molecule has 0 N–H and O–H groups in total. The Morgan fingerprint density at radius 2 is 1.86 bits per heavy atom. The number of carbonyl (C=O) groups excluding carboxylic acids is 1. The van der Waals surface area contributed by atoms with Crippen LogP contribution < -0.4 is 0 Å². The minimum Gasteiger partial charge on any atom is -0.293 e. The molecule has 0 aliphatic rings. The number of halogens is 2. The van der Waals surface area contributed by atoms with Gasteiger partial charge in [0.1, 0.15) is 17.3 Å². The smallest absolute Gasteiger partial charge is 0.178 e. The summed E-state index contributed by atoms with van der Waals surface area (Å²) in [7, 11) is 0. The summed E-state index contributed by atoms with van der Waals surface area (Å²) in [6.07, 6.45) is 2.52. The van der Waals surface area contributed by atoms with Gasteiger partial charge in [-0.25, -0.2) is 13.8 Å². The monoisotopic (exact) mass is 284 g/mol. The van der Waals surface area contributed by atoms with Crippen molar-refractivity contribution in [2.75, 3.05) is 0 Å². The van der Waals surface area contributed by atoms with E-state index in [1.807, 2.05) is 0 Å². The molecule has 1 aromatic carbocycles. The fourth-order valence-electron chi connectivity index (χ4n) is 2.19. The van der Waals surface area contributed by atoms with E-state index >= 15 is 0 Å². The van der Waals surface area contributed by atoms with Gasteiger partial charge in [-0.3, -0.25) is 9.78 Å². The van der Waals surface area contributed by atoms with Gasteiger partial charge in [0.2, 0.25) is 0 Å². The number of benzene rings is 1. The first-order valence-corrected chi connectivity index (χ1v) is 6.27. The van der Waals surface area contributed by atoms with Crippen molar-refractivity contribution in [3.05, 3.63) is 60.1 Å². The quantitative estimate of drug-likeness (QED) is 0.673. The van der Waals surface area contributed by atoms with Crippen molar-refractivity contribution < 1.29 is 13.6 Å². The van der Waals surface area contributed by atoms with Gasteiger partial charge >= 0.3 is 0 Å². The molecule has 0 fully saturated rings. The molecule has 0 aliphatic heterocycles. The molecule has 0 saturated carbocycles. The van der Waals surface area contributed by atoms with E-state index in [-0.39, 0.29) is 11.5 Å². The molecule has 104 valence electrons. The summed E-state index contributed by atoms with van der Waals surface area (Å²) in [5, 5.41) is 0.541. The van der Waals surface area contributed by atoms with Gasteiger partial charge in [-0.2, -0.15) is 0 Å². The lowest BCUT2D eigenvalue weighted by atomic mass is 10.0. The zero-order chi connectivity index (χ0) is 15.0. The van der Waals surface area contributed by atoms with Crippen LogP contribution in [0.25, 0.3) is 22.0 Å². The molecular weight excluding hydrogens is 274 g/mol. The molecule has 2 aromatic heterocycles. The highest BCUT2D eigenvalue weighted by molar-refractivity contribution is 6.02. The Kier molecular flexibility index (Phi) is 3.17. The van der Waals surface area contributed by atoms with Crippen LogP contribution in [0.1, 0.15) is 17.4 Å². The number of ketones is 1. The summed E-state index contributed by atoms with van der Waals surface area (Å²) in [6, 6.07) is 7.00. The van der Waals surface area contributed by atoms with Crippen LogP contribution in [-0.4, -0.2) is 15.8 Å². The normalized spacial score (nSPS) is 10.8. The van der Waals surface area contributed by atoms with E-state index in [9.17, 15) is 13.6 Å². The molecule has 0 spiro atoms. The summed E-state index contributed by atoms with van der Waals surface area (Å²) in [5.41, 5.74) is 1.59. The predicted molar refractivity (Wildman–Crippen MR) is 74.9 cm³/mol. The minimum atomic E-state index is -0.513. The SMILES string of the molecule is CC(=O)c1nc2ccc(F)cc2cc1-c1cncc(F)c1. The van der Waals surface area contributed by atoms with Gasteiger partial charge in [0, 0.05) is 29.6 Å². The maximum atomic E-state index is 13.3. The van der Waals surface area contributed by atoms with Crippen molar-refractivity contribution in [1.82, 2.24) is 9.97 Å². The number of nitrogens with zero attached hydrogens (tertiary/aromatic N) is 2. The van der Waals surface area contributed by atoms with E-state index < -0.39 is 11.6 Å². The lowest BCUT2D eigenvalue weighted by molar-refractivity contribution is 0.101. The largest absolute Gasteiger partial charge is 0.293 e. The Hall–Kier alpha value is -2.69. The molecule has 0 atom stereocenters. The molecule has 0 bridgehead atoms. The van der Waals surface area contributed by atoms with E-state index in [0.29, 0.717) is 22.0 Å². The van der Waals surface area contributed by atoms with Gasteiger partial charge in [0.25, 0.3) is 0 Å². The molecule has 0 aliphatic carbocycles. The molecule has 0 unspecified atom stereocenters. The number of rotatable bonds is 2. The second kappa shape index (κ2) is 5.01. The third-order valence-electron chi connectivity index (χ3n) is 3.13. The molecule has 0 radical (unpaired) electrons. The first-order chi connectivity index (χ1) is 10.0. The molecule has 3 rings (SSSR count). The Morgan fingerprint density at radius 1 is 1.05 bits per heavy atom. The van der Waals surface area contributed by atoms with Crippen molar-refractivity contribution >= 4 is 16.7 Å². The van der Waals surface area contributed by atoms with Crippen LogP contribution in [0.4, 0.5) is 8.78 Å². The van der Waals surface area contributed by atoms with Crippen LogP contribution in [0, 0.1) is 11.6 Å². The van der Waals surface area contributed by atoms with Gasteiger partial charge in [-0.15, -0.1) is 0 Å². The zero-order valence-electron chi connectivity index (χ0n) is 11.1. The second-order valence-corrected chi connectivity index (χ2v) is 4.67. The van der Waals surface area contributed by atoms with Crippen molar-refractivity contribution in [2.24, 2.45) is 0 Å². The summed E-state index contributed by atoms with van der Waals surface area (Å²) >= 11 is 0. The third kappa shape index (κ3) is 2.50. The van der Waals surface area contributed by atoms with Gasteiger partial charge in [0.15, 0.2) is 5.78 Å². The van der Waals surface area contributed by atoms with E-state index in [4.69, 9.17) is 0 Å². The number of aromatic nitrogens is 2. The first kappa shape index (κ1) is 13.3. The summed E-state index contributed by atoms with van der Waals surface area (Å²) in [5.74, 6) is -1.16. The molecule has 3 aromatic rings. The van der Waals surface area contributed by atoms with E-state index in [1.165, 1.54) is 37.4 Å². The highest BCUT2D eigenvalue weighted by atomic mass is 19.1. The van der Waals surface area contributed by atoms with Crippen molar-refractivity contribution in [3.63, 3.8) is 0 Å². The minimum absolute atomic E-state index is 0.210. The molecule has 2 heterocycles. The van der Waals surface area contributed by atoms with Gasteiger partial charge in [-0.05, 0) is 30.3 Å². The number of pyridine rings is 2. The van der Waals surface area contributed by atoms with Gasteiger partial charge in [-0.1, -0.05) is 0 Å². The van der Waals surface area contributed by atoms with Crippen LogP contribution in [0.5, 0.6) is 0 Å². The Balaban J connectivity index is 2.33. The van der Waals surface area contributed by atoms with Crippen LogP contribution in [0.3, 0.4) is 0 Å². The van der Waals surface area contributed by atoms with Gasteiger partial charge < -0.3 is 0 Å². The van der Waals surface area contributed by atoms with Crippen molar-refractivity contribution in [3.8, 4) is 11.1 Å². The average Bonchev–Trinajstić information content (AvgIpc) is 2.45. The number of hydrogen-bond donors (Lipinski definition) is 0. The molecular formula is C16H10F2N2O. The molecule has 21 heavy (non-hydrogen) atoms. The second-order valence-electron chi connectivity index (χ2n) is 4.67. The van der Waals surface area contributed by atoms with Crippen LogP contribution in [-0.2, 0) is 0 Å². The van der Waals surface area contributed by atoms with Crippen LogP contribution in [0.15, 0.2) is 42.7 Å². The summed E-state index contributed by atoms with van der Waals surface area (Å²) in [4.78, 5) is 19.8. The highest BCUT2D eigenvalue weighted by Crippen LogP contribution is 2.27. The van der Waals surface area contributed by atoms with Crippen LogP contribution >= 0.6 is 0 Å². The number of Topliss-reactive ketones (excluding diaryl/α,β-unsaturated/α-hetero) is 1. The average molecular weight is 284 g/mol. The predicted octanol–water partition coefficient (Wildman–Crippen LogP) is 3.78. The van der Waals surface area contributed by atoms with Crippen LogP contribution in [0.2, 0.25) is 0 Å². The lowest BCUT2D eigenvalue weighted by Crippen LogP contribution is -2.01. The number of fused-ring (bicyclic) bond motifs is 1. The topological polar surface area (TPSA) is 42.9 Å². The van der Waals surface area contributed by atoms with E-state index in [1.54, 1.807) is 6.07 Å². The summed E-state index contributed by atoms with van der Waals surface area (Å²) < 4.78 is 26.7. The molecule has 0 saturated heterocycles. The van der Waals surface area contributed by atoms with Crippen molar-refractivity contribution in [1.29, 1.82) is 0 Å². The number of carbonyl (C=O) groups is 1. The maximum absolute atomic E-state index is 13.3. The Morgan fingerprint density at radius 3 is 2.57 bits per heavy atom. The molecule has 3 nitrogen and oxygen atoms in total. The number of hydrogen-bond acceptors (Lipinski definition) is 3. The summed E-state index contributed by atoms with van der Waals surface area (Å²) in [6.45, 7) is 1.38. The maximum Gasteiger partial charge on any atom is 0.178 e. The first-order valence-electron chi connectivity index (χ1n) is 6.27. The van der Waals surface area contributed by atoms with E-state index in [2.05, 4.69) is 9.97 Å². The van der Waals surface area contributed by atoms with E-state index in [0.717, 1.165) is 6.20 Å². The highest BCUT2D eigenvalue weighted by Gasteiger charge is 2.14. The molecule has 0 amide bonds. The van der Waals surface area contributed by atoms with Gasteiger partial charge in [0.05, 0.1) is 11.7 Å². The standard InChI is InChI=1S/C16H10F2N2O/c1-9(21)16-14(11-5-13(18)8-19-7-11)6-10-4-12(17)2-3-15(10)20-16/h2-8H,1H3. The Labute approximate surface area is 119 Å². The third-order valence-corrected chi connectivity index (χ3v) is 3.13.